The standard InChI is InChI=1S/C15H16O/c1-11-3-6-13(7-4-11)15-9-12(2)5-8-14(15)10-16/h3-9,16H,10H2,1-2H3. The summed E-state index contributed by atoms with van der Waals surface area (Å²) in [6, 6.07) is 14.5. The van der Waals surface area contributed by atoms with Crippen LogP contribution < -0.4 is 0 Å². The molecule has 1 N–H and O–H groups in total. The fourth-order valence-corrected chi connectivity index (χ4v) is 1.83. The summed E-state index contributed by atoms with van der Waals surface area (Å²) in [7, 11) is 0. The van der Waals surface area contributed by atoms with Gasteiger partial charge in [0.1, 0.15) is 0 Å². The highest BCUT2D eigenvalue weighted by molar-refractivity contribution is 5.68. The summed E-state index contributed by atoms with van der Waals surface area (Å²) in [6.07, 6.45) is 0. The van der Waals surface area contributed by atoms with Crippen molar-refractivity contribution >= 4 is 0 Å². The van der Waals surface area contributed by atoms with Gasteiger partial charge < -0.3 is 5.11 Å². The van der Waals surface area contributed by atoms with Crippen molar-refractivity contribution in [1.29, 1.82) is 0 Å². The van der Waals surface area contributed by atoms with Crippen LogP contribution in [0.1, 0.15) is 16.7 Å². The number of aliphatic hydroxyl groups is 1. The van der Waals surface area contributed by atoms with Crippen LogP contribution in [-0.4, -0.2) is 5.11 Å². The van der Waals surface area contributed by atoms with E-state index in [9.17, 15) is 5.11 Å². The lowest BCUT2D eigenvalue weighted by molar-refractivity contribution is 0.282. The lowest BCUT2D eigenvalue weighted by atomic mass is 9.97. The SMILES string of the molecule is Cc1ccc(-c2cc(C)ccc2CO)cc1. The molecule has 2 aromatic carbocycles. The van der Waals surface area contributed by atoms with Gasteiger partial charge in [0.15, 0.2) is 0 Å². The molecule has 0 saturated heterocycles. The van der Waals surface area contributed by atoms with E-state index in [0.717, 1.165) is 11.1 Å². The third-order valence-corrected chi connectivity index (χ3v) is 2.80. The van der Waals surface area contributed by atoms with E-state index in [4.69, 9.17) is 0 Å². The Kier molecular flexibility index (Phi) is 3.07. The van der Waals surface area contributed by atoms with Crippen molar-refractivity contribution in [3.8, 4) is 11.1 Å². The van der Waals surface area contributed by atoms with Crippen LogP contribution in [0.5, 0.6) is 0 Å². The quantitative estimate of drug-likeness (QED) is 0.808. The number of rotatable bonds is 2. The molecule has 0 bridgehead atoms. The van der Waals surface area contributed by atoms with E-state index < -0.39 is 0 Å². The van der Waals surface area contributed by atoms with Gasteiger partial charge in [-0.25, -0.2) is 0 Å². The summed E-state index contributed by atoms with van der Waals surface area (Å²) in [6.45, 7) is 4.23. The zero-order valence-corrected chi connectivity index (χ0v) is 9.70. The van der Waals surface area contributed by atoms with Gasteiger partial charge in [-0.2, -0.15) is 0 Å². The molecule has 0 radical (unpaired) electrons. The van der Waals surface area contributed by atoms with Crippen molar-refractivity contribution in [3.05, 3.63) is 59.2 Å². The minimum atomic E-state index is 0.0868. The highest BCUT2D eigenvalue weighted by Gasteiger charge is 2.04. The monoisotopic (exact) mass is 212 g/mol. The molecule has 0 aliphatic heterocycles. The van der Waals surface area contributed by atoms with Crippen molar-refractivity contribution in [2.75, 3.05) is 0 Å². The van der Waals surface area contributed by atoms with E-state index >= 15 is 0 Å². The Morgan fingerprint density at radius 2 is 1.50 bits per heavy atom. The Bertz CT molecular complexity index is 483. The van der Waals surface area contributed by atoms with Gasteiger partial charge >= 0.3 is 0 Å². The Morgan fingerprint density at radius 1 is 0.875 bits per heavy atom. The first-order chi connectivity index (χ1) is 7.70. The first-order valence-electron chi connectivity index (χ1n) is 5.48. The Morgan fingerprint density at radius 3 is 2.12 bits per heavy atom. The summed E-state index contributed by atoms with van der Waals surface area (Å²) in [5.41, 5.74) is 5.74. The van der Waals surface area contributed by atoms with Gasteiger partial charge in [-0.3, -0.25) is 0 Å². The third-order valence-electron chi connectivity index (χ3n) is 2.80. The smallest absolute Gasteiger partial charge is 0.0687 e. The van der Waals surface area contributed by atoms with E-state index in [1.165, 1.54) is 16.7 Å². The van der Waals surface area contributed by atoms with E-state index in [1.807, 2.05) is 12.1 Å². The summed E-state index contributed by atoms with van der Waals surface area (Å²) < 4.78 is 0. The molecule has 1 nitrogen and oxygen atoms in total. The predicted molar refractivity (Wildman–Crippen MR) is 67.3 cm³/mol. The molecule has 0 aromatic heterocycles. The van der Waals surface area contributed by atoms with Gasteiger partial charge in [-0.05, 0) is 30.5 Å². The first-order valence-corrected chi connectivity index (χ1v) is 5.48. The van der Waals surface area contributed by atoms with Crippen molar-refractivity contribution in [3.63, 3.8) is 0 Å². The van der Waals surface area contributed by atoms with Gasteiger partial charge in [0.25, 0.3) is 0 Å². The van der Waals surface area contributed by atoms with E-state index in [2.05, 4.69) is 44.2 Å². The maximum Gasteiger partial charge on any atom is 0.0687 e. The molecule has 0 saturated carbocycles. The summed E-state index contributed by atoms with van der Waals surface area (Å²) in [5, 5.41) is 9.33. The molecule has 16 heavy (non-hydrogen) atoms. The van der Waals surface area contributed by atoms with Crippen molar-refractivity contribution in [2.45, 2.75) is 20.5 Å². The van der Waals surface area contributed by atoms with E-state index in [-0.39, 0.29) is 6.61 Å². The van der Waals surface area contributed by atoms with Gasteiger partial charge in [-0.15, -0.1) is 0 Å². The van der Waals surface area contributed by atoms with Crippen LogP contribution in [-0.2, 0) is 6.61 Å². The van der Waals surface area contributed by atoms with Crippen LogP contribution in [0, 0.1) is 13.8 Å². The highest BCUT2D eigenvalue weighted by Crippen LogP contribution is 2.25. The van der Waals surface area contributed by atoms with Crippen LogP contribution in [0.4, 0.5) is 0 Å². The topological polar surface area (TPSA) is 20.2 Å². The number of aryl methyl sites for hydroxylation is 2. The molecule has 0 amide bonds. The van der Waals surface area contributed by atoms with Crippen LogP contribution in [0.2, 0.25) is 0 Å². The molecular formula is C15H16O. The number of hydrogen-bond donors (Lipinski definition) is 1. The van der Waals surface area contributed by atoms with Crippen molar-refractivity contribution in [1.82, 2.24) is 0 Å². The molecule has 0 unspecified atom stereocenters. The second-order valence-electron chi connectivity index (χ2n) is 4.18. The summed E-state index contributed by atoms with van der Waals surface area (Å²) in [4.78, 5) is 0. The zero-order chi connectivity index (χ0) is 11.5. The van der Waals surface area contributed by atoms with Crippen molar-refractivity contribution < 1.29 is 5.11 Å². The summed E-state index contributed by atoms with van der Waals surface area (Å²) in [5.74, 6) is 0. The number of aliphatic hydroxyl groups excluding tert-OH is 1. The number of hydrogen-bond acceptors (Lipinski definition) is 1. The minimum Gasteiger partial charge on any atom is -0.392 e. The lowest BCUT2D eigenvalue weighted by Gasteiger charge is -2.09. The third kappa shape index (κ3) is 2.15. The second-order valence-corrected chi connectivity index (χ2v) is 4.18. The van der Waals surface area contributed by atoms with Crippen LogP contribution in [0.25, 0.3) is 11.1 Å². The molecule has 0 aliphatic rings. The fraction of sp³-hybridized carbons (Fsp3) is 0.200. The number of benzene rings is 2. The molecule has 82 valence electrons. The van der Waals surface area contributed by atoms with E-state index in [0.29, 0.717) is 0 Å². The fourth-order valence-electron chi connectivity index (χ4n) is 1.83. The van der Waals surface area contributed by atoms with Gasteiger partial charge in [0.05, 0.1) is 6.61 Å². The predicted octanol–water partition coefficient (Wildman–Crippen LogP) is 3.46. The maximum absolute atomic E-state index is 9.33. The summed E-state index contributed by atoms with van der Waals surface area (Å²) >= 11 is 0. The molecule has 2 rings (SSSR count). The molecule has 0 aliphatic carbocycles. The molecule has 0 fully saturated rings. The highest BCUT2D eigenvalue weighted by atomic mass is 16.3. The molecule has 1 heteroatoms. The Balaban J connectivity index is 2.53. The second kappa shape index (κ2) is 4.50. The average Bonchev–Trinajstić information content (AvgIpc) is 2.30. The zero-order valence-electron chi connectivity index (χ0n) is 9.70. The lowest BCUT2D eigenvalue weighted by Crippen LogP contribution is -1.90. The first kappa shape index (κ1) is 10.9. The molecule has 0 atom stereocenters. The molecule has 2 aromatic rings. The molecule has 0 spiro atoms. The maximum atomic E-state index is 9.33. The Labute approximate surface area is 96.4 Å². The van der Waals surface area contributed by atoms with E-state index in [1.54, 1.807) is 0 Å². The Hall–Kier alpha value is -1.60. The minimum absolute atomic E-state index is 0.0868. The van der Waals surface area contributed by atoms with Crippen LogP contribution in [0.3, 0.4) is 0 Å². The van der Waals surface area contributed by atoms with Crippen LogP contribution >= 0.6 is 0 Å². The average molecular weight is 212 g/mol. The van der Waals surface area contributed by atoms with Crippen molar-refractivity contribution in [2.24, 2.45) is 0 Å². The molecule has 0 heterocycles. The van der Waals surface area contributed by atoms with Crippen LogP contribution in [0.15, 0.2) is 42.5 Å². The van der Waals surface area contributed by atoms with Gasteiger partial charge in [0.2, 0.25) is 0 Å². The van der Waals surface area contributed by atoms with Gasteiger partial charge in [-0.1, -0.05) is 53.6 Å². The van der Waals surface area contributed by atoms with Gasteiger partial charge in [0, 0.05) is 0 Å². The molecular weight excluding hydrogens is 196 g/mol. The largest absolute Gasteiger partial charge is 0.392 e. The normalized spacial score (nSPS) is 10.4.